The standard InChI is InChI=1S/C14H19BrClNO2S/c1-14(2)7-5-10(6-8-14)17-20(18,19)11-3-4-13(16)12(15)9-11/h3-4,9-10,17H,5-8H2,1-2H3. The Morgan fingerprint density at radius 2 is 1.90 bits per heavy atom. The van der Waals surface area contributed by atoms with Crippen LogP contribution in [0.2, 0.25) is 5.02 Å². The molecule has 1 aromatic carbocycles. The van der Waals surface area contributed by atoms with Gasteiger partial charge in [0, 0.05) is 10.5 Å². The van der Waals surface area contributed by atoms with E-state index in [-0.39, 0.29) is 10.9 Å². The minimum atomic E-state index is -3.48. The van der Waals surface area contributed by atoms with Crippen molar-refractivity contribution in [3.63, 3.8) is 0 Å². The molecule has 6 heteroatoms. The molecule has 1 N–H and O–H groups in total. The molecule has 1 aromatic rings. The van der Waals surface area contributed by atoms with Crippen molar-refractivity contribution in [1.82, 2.24) is 4.72 Å². The van der Waals surface area contributed by atoms with Crippen LogP contribution < -0.4 is 4.72 Å². The van der Waals surface area contributed by atoms with E-state index in [2.05, 4.69) is 34.5 Å². The maximum Gasteiger partial charge on any atom is 0.240 e. The third-order valence-corrected chi connectivity index (χ3v) is 6.59. The Labute approximate surface area is 134 Å². The Bertz CT molecular complexity index is 591. The summed E-state index contributed by atoms with van der Waals surface area (Å²) in [5.41, 5.74) is 0.325. The fourth-order valence-electron chi connectivity index (χ4n) is 2.45. The molecule has 0 saturated heterocycles. The molecule has 0 bridgehead atoms. The van der Waals surface area contributed by atoms with Crippen LogP contribution in [0.4, 0.5) is 0 Å². The number of benzene rings is 1. The highest BCUT2D eigenvalue weighted by molar-refractivity contribution is 9.10. The van der Waals surface area contributed by atoms with Crippen LogP contribution in [-0.4, -0.2) is 14.5 Å². The van der Waals surface area contributed by atoms with Crippen molar-refractivity contribution in [3.8, 4) is 0 Å². The highest BCUT2D eigenvalue weighted by Gasteiger charge is 2.29. The van der Waals surface area contributed by atoms with E-state index in [1.165, 1.54) is 12.1 Å². The molecular weight excluding hydrogens is 362 g/mol. The van der Waals surface area contributed by atoms with Gasteiger partial charge >= 0.3 is 0 Å². The predicted molar refractivity (Wildman–Crippen MR) is 85.5 cm³/mol. The summed E-state index contributed by atoms with van der Waals surface area (Å²) in [6.45, 7) is 4.46. The van der Waals surface area contributed by atoms with Gasteiger partial charge in [0.25, 0.3) is 0 Å². The van der Waals surface area contributed by atoms with Crippen LogP contribution in [0, 0.1) is 5.41 Å². The zero-order valence-corrected chi connectivity index (χ0v) is 14.8. The van der Waals surface area contributed by atoms with E-state index in [4.69, 9.17) is 11.6 Å². The summed E-state index contributed by atoms with van der Waals surface area (Å²) in [6.07, 6.45) is 3.87. The number of nitrogens with one attached hydrogen (secondary N) is 1. The molecule has 0 aromatic heterocycles. The molecular formula is C14H19BrClNO2S. The first kappa shape index (κ1) is 16.3. The Balaban J connectivity index is 2.10. The normalized spacial score (nSPS) is 20.0. The van der Waals surface area contributed by atoms with Crippen molar-refractivity contribution in [3.05, 3.63) is 27.7 Å². The van der Waals surface area contributed by atoms with E-state index in [0.29, 0.717) is 14.9 Å². The molecule has 20 heavy (non-hydrogen) atoms. The van der Waals surface area contributed by atoms with Gasteiger partial charge < -0.3 is 0 Å². The van der Waals surface area contributed by atoms with Gasteiger partial charge in [0.2, 0.25) is 10.0 Å². The van der Waals surface area contributed by atoms with Gasteiger partial charge in [-0.25, -0.2) is 13.1 Å². The van der Waals surface area contributed by atoms with Crippen molar-refractivity contribution in [2.75, 3.05) is 0 Å². The van der Waals surface area contributed by atoms with E-state index in [0.717, 1.165) is 25.7 Å². The third kappa shape index (κ3) is 3.97. The number of halogens is 2. The van der Waals surface area contributed by atoms with Crippen LogP contribution in [0.5, 0.6) is 0 Å². The van der Waals surface area contributed by atoms with Gasteiger partial charge in [-0.2, -0.15) is 0 Å². The van der Waals surface area contributed by atoms with Crippen molar-refractivity contribution < 1.29 is 8.42 Å². The SMILES string of the molecule is CC1(C)CCC(NS(=O)(=O)c2ccc(Cl)c(Br)c2)CC1. The minimum Gasteiger partial charge on any atom is -0.208 e. The van der Waals surface area contributed by atoms with Crippen LogP contribution in [0.25, 0.3) is 0 Å². The average molecular weight is 381 g/mol. The second-order valence-corrected chi connectivity index (χ2v) is 9.11. The summed E-state index contributed by atoms with van der Waals surface area (Å²) in [6, 6.07) is 4.69. The van der Waals surface area contributed by atoms with Crippen LogP contribution in [0.3, 0.4) is 0 Å². The number of rotatable bonds is 3. The number of sulfonamides is 1. The maximum absolute atomic E-state index is 12.4. The second-order valence-electron chi connectivity index (χ2n) is 6.14. The summed E-state index contributed by atoms with van der Waals surface area (Å²) >= 11 is 9.15. The predicted octanol–water partition coefficient (Wildman–Crippen LogP) is 4.35. The van der Waals surface area contributed by atoms with Crippen LogP contribution in [0.1, 0.15) is 39.5 Å². The van der Waals surface area contributed by atoms with Gasteiger partial charge in [-0.3, -0.25) is 0 Å². The summed E-state index contributed by atoms with van der Waals surface area (Å²) in [7, 11) is -3.48. The Morgan fingerprint density at radius 1 is 1.30 bits per heavy atom. The van der Waals surface area contributed by atoms with E-state index in [1.54, 1.807) is 6.07 Å². The lowest BCUT2D eigenvalue weighted by molar-refractivity contribution is 0.218. The molecule has 1 fully saturated rings. The lowest BCUT2D eigenvalue weighted by atomic mass is 9.76. The lowest BCUT2D eigenvalue weighted by Crippen LogP contribution is -2.39. The smallest absolute Gasteiger partial charge is 0.208 e. The first-order valence-electron chi connectivity index (χ1n) is 6.67. The molecule has 112 valence electrons. The first-order valence-corrected chi connectivity index (χ1v) is 9.32. The number of hydrogen-bond donors (Lipinski definition) is 1. The van der Waals surface area contributed by atoms with Gasteiger partial charge in [-0.05, 0) is 65.2 Å². The van der Waals surface area contributed by atoms with Gasteiger partial charge in [0.1, 0.15) is 0 Å². The van der Waals surface area contributed by atoms with Crippen molar-refractivity contribution in [2.45, 2.75) is 50.5 Å². The summed E-state index contributed by atoms with van der Waals surface area (Å²) in [5, 5.41) is 0.503. The molecule has 2 rings (SSSR count). The highest BCUT2D eigenvalue weighted by atomic mass is 79.9. The van der Waals surface area contributed by atoms with Crippen molar-refractivity contribution >= 4 is 37.6 Å². The fraction of sp³-hybridized carbons (Fsp3) is 0.571. The molecule has 0 atom stereocenters. The summed E-state index contributed by atoms with van der Waals surface area (Å²) in [5.74, 6) is 0. The van der Waals surface area contributed by atoms with Crippen molar-refractivity contribution in [1.29, 1.82) is 0 Å². The van der Waals surface area contributed by atoms with E-state index >= 15 is 0 Å². The Hall–Kier alpha value is -0.100. The molecule has 0 heterocycles. The summed E-state index contributed by atoms with van der Waals surface area (Å²) < 4.78 is 28.1. The quantitative estimate of drug-likeness (QED) is 0.847. The number of hydrogen-bond acceptors (Lipinski definition) is 2. The van der Waals surface area contributed by atoms with E-state index < -0.39 is 10.0 Å². The zero-order chi connectivity index (χ0) is 15.0. The molecule has 0 spiro atoms. The zero-order valence-electron chi connectivity index (χ0n) is 11.6. The molecule has 0 amide bonds. The van der Waals surface area contributed by atoms with Crippen molar-refractivity contribution in [2.24, 2.45) is 5.41 Å². The van der Waals surface area contributed by atoms with E-state index in [9.17, 15) is 8.42 Å². The van der Waals surface area contributed by atoms with Crippen LogP contribution in [0.15, 0.2) is 27.6 Å². The van der Waals surface area contributed by atoms with Gasteiger partial charge in [0.05, 0.1) is 9.92 Å². The van der Waals surface area contributed by atoms with Gasteiger partial charge in [-0.15, -0.1) is 0 Å². The average Bonchev–Trinajstić information content (AvgIpc) is 2.35. The van der Waals surface area contributed by atoms with Crippen LogP contribution in [-0.2, 0) is 10.0 Å². The highest BCUT2D eigenvalue weighted by Crippen LogP contribution is 2.35. The molecule has 0 unspecified atom stereocenters. The van der Waals surface area contributed by atoms with Gasteiger partial charge in [0.15, 0.2) is 0 Å². The molecule has 3 nitrogen and oxygen atoms in total. The summed E-state index contributed by atoms with van der Waals surface area (Å²) in [4.78, 5) is 0.249. The van der Waals surface area contributed by atoms with Crippen LogP contribution >= 0.6 is 27.5 Å². The maximum atomic E-state index is 12.4. The molecule has 1 aliphatic rings. The minimum absolute atomic E-state index is 0.0301. The van der Waals surface area contributed by atoms with E-state index in [1.807, 2.05) is 0 Å². The fourth-order valence-corrected chi connectivity index (χ4v) is 4.43. The monoisotopic (exact) mass is 379 g/mol. The molecule has 0 aliphatic heterocycles. The molecule has 1 saturated carbocycles. The lowest BCUT2D eigenvalue weighted by Gasteiger charge is -2.34. The Kier molecular flexibility index (Phi) is 4.84. The molecule has 0 radical (unpaired) electrons. The Morgan fingerprint density at radius 3 is 2.45 bits per heavy atom. The largest absolute Gasteiger partial charge is 0.240 e. The van der Waals surface area contributed by atoms with Gasteiger partial charge in [-0.1, -0.05) is 25.4 Å². The molecule has 1 aliphatic carbocycles. The third-order valence-electron chi connectivity index (χ3n) is 3.86. The second kappa shape index (κ2) is 5.95. The topological polar surface area (TPSA) is 46.2 Å². The first-order chi connectivity index (χ1) is 9.20.